The summed E-state index contributed by atoms with van der Waals surface area (Å²) < 4.78 is 0.902. The third-order valence-corrected chi connectivity index (χ3v) is 3.98. The number of thiophene rings is 1. The van der Waals surface area contributed by atoms with Crippen LogP contribution in [0.5, 0.6) is 0 Å². The molecule has 0 spiro atoms. The smallest absolute Gasteiger partial charge is 0.0931 e. The van der Waals surface area contributed by atoms with Crippen LogP contribution in [-0.2, 0) is 6.42 Å². The molecule has 0 saturated carbocycles. The third-order valence-electron chi connectivity index (χ3n) is 2.73. The Morgan fingerprint density at radius 1 is 1.31 bits per heavy atom. The topological polar surface area (TPSA) is 12.0 Å². The zero-order chi connectivity index (χ0) is 11.8. The number of hydrogen-bond acceptors (Lipinski definition) is 2. The van der Waals surface area contributed by atoms with E-state index in [2.05, 4.69) is 25.2 Å². The van der Waals surface area contributed by atoms with Gasteiger partial charge in [-0.05, 0) is 31.5 Å². The van der Waals surface area contributed by atoms with E-state index in [1.54, 1.807) is 11.3 Å². The molecule has 1 N–H and O–H groups in total. The van der Waals surface area contributed by atoms with Gasteiger partial charge in [-0.15, -0.1) is 11.3 Å². The van der Waals surface area contributed by atoms with Crippen LogP contribution < -0.4 is 5.32 Å². The van der Waals surface area contributed by atoms with Crippen molar-refractivity contribution in [3.63, 3.8) is 0 Å². The quantitative estimate of drug-likeness (QED) is 0.678. The number of unbranched alkanes of at least 4 members (excludes halogenated alkanes) is 2. The van der Waals surface area contributed by atoms with Gasteiger partial charge >= 0.3 is 0 Å². The fraction of sp³-hybridized carbons (Fsp3) is 0.692. The lowest BCUT2D eigenvalue weighted by Crippen LogP contribution is -2.30. The van der Waals surface area contributed by atoms with Crippen molar-refractivity contribution >= 4 is 22.9 Å². The van der Waals surface area contributed by atoms with Gasteiger partial charge in [0.25, 0.3) is 0 Å². The second kappa shape index (κ2) is 8.10. The van der Waals surface area contributed by atoms with Gasteiger partial charge in [0, 0.05) is 10.9 Å². The molecular formula is C13H22ClNS. The maximum atomic E-state index is 5.95. The summed E-state index contributed by atoms with van der Waals surface area (Å²) in [5, 5.41) is 3.56. The standard InChI is InChI=1S/C13H22ClNS/c1-3-5-6-7-11(15-4-2)10-12-8-9-13(14)16-12/h8-9,11,15H,3-7,10H2,1-2H3. The first-order valence-electron chi connectivity index (χ1n) is 6.23. The average molecular weight is 260 g/mol. The summed E-state index contributed by atoms with van der Waals surface area (Å²) in [5.41, 5.74) is 0. The molecule has 16 heavy (non-hydrogen) atoms. The Bertz CT molecular complexity index is 285. The highest BCUT2D eigenvalue weighted by molar-refractivity contribution is 7.16. The van der Waals surface area contributed by atoms with Crippen molar-refractivity contribution < 1.29 is 0 Å². The summed E-state index contributed by atoms with van der Waals surface area (Å²) >= 11 is 7.65. The second-order valence-electron chi connectivity index (χ2n) is 4.16. The van der Waals surface area contributed by atoms with Crippen LogP contribution in [0.2, 0.25) is 4.34 Å². The zero-order valence-electron chi connectivity index (χ0n) is 10.3. The van der Waals surface area contributed by atoms with Gasteiger partial charge in [-0.25, -0.2) is 0 Å². The highest BCUT2D eigenvalue weighted by atomic mass is 35.5. The Morgan fingerprint density at radius 2 is 2.12 bits per heavy atom. The molecule has 1 aromatic rings. The van der Waals surface area contributed by atoms with Gasteiger partial charge in [0.2, 0.25) is 0 Å². The van der Waals surface area contributed by atoms with Gasteiger partial charge in [-0.2, -0.15) is 0 Å². The lowest BCUT2D eigenvalue weighted by molar-refractivity contribution is 0.469. The van der Waals surface area contributed by atoms with Crippen LogP contribution in [0.3, 0.4) is 0 Å². The molecule has 0 radical (unpaired) electrons. The summed E-state index contributed by atoms with van der Waals surface area (Å²) in [6.45, 7) is 5.48. The Balaban J connectivity index is 2.37. The summed E-state index contributed by atoms with van der Waals surface area (Å²) in [5.74, 6) is 0. The minimum atomic E-state index is 0.617. The summed E-state index contributed by atoms with van der Waals surface area (Å²) in [6.07, 6.45) is 6.36. The molecule has 0 aliphatic rings. The predicted molar refractivity (Wildman–Crippen MR) is 74.6 cm³/mol. The summed E-state index contributed by atoms with van der Waals surface area (Å²) in [7, 11) is 0. The van der Waals surface area contributed by atoms with Crippen LogP contribution in [0.4, 0.5) is 0 Å². The van der Waals surface area contributed by atoms with Gasteiger partial charge in [0.05, 0.1) is 4.34 Å². The normalized spacial score (nSPS) is 12.9. The Kier molecular flexibility index (Phi) is 7.10. The fourth-order valence-electron chi connectivity index (χ4n) is 1.91. The van der Waals surface area contributed by atoms with E-state index in [1.807, 2.05) is 6.07 Å². The molecule has 0 bridgehead atoms. The molecule has 1 nitrogen and oxygen atoms in total. The monoisotopic (exact) mass is 259 g/mol. The lowest BCUT2D eigenvalue weighted by Gasteiger charge is -2.16. The number of likely N-dealkylation sites (N-methyl/N-ethyl adjacent to an activating group) is 1. The molecule has 0 fully saturated rings. The van der Waals surface area contributed by atoms with Crippen molar-refractivity contribution in [3.05, 3.63) is 21.3 Å². The van der Waals surface area contributed by atoms with Gasteiger partial charge in [-0.1, -0.05) is 44.7 Å². The van der Waals surface area contributed by atoms with Crippen molar-refractivity contribution in [2.45, 2.75) is 52.0 Å². The maximum Gasteiger partial charge on any atom is 0.0931 e. The molecule has 1 heterocycles. The molecule has 0 aliphatic heterocycles. The number of hydrogen-bond donors (Lipinski definition) is 1. The van der Waals surface area contributed by atoms with Gasteiger partial charge < -0.3 is 5.32 Å². The van der Waals surface area contributed by atoms with Gasteiger partial charge in [0.15, 0.2) is 0 Å². The van der Waals surface area contributed by atoms with Crippen LogP contribution in [0.15, 0.2) is 12.1 Å². The van der Waals surface area contributed by atoms with E-state index in [1.165, 1.54) is 30.6 Å². The van der Waals surface area contributed by atoms with E-state index in [-0.39, 0.29) is 0 Å². The van der Waals surface area contributed by atoms with Gasteiger partial charge in [0.1, 0.15) is 0 Å². The van der Waals surface area contributed by atoms with Gasteiger partial charge in [-0.3, -0.25) is 0 Å². The Hall–Kier alpha value is -0.0500. The largest absolute Gasteiger partial charge is 0.314 e. The second-order valence-corrected chi connectivity index (χ2v) is 5.96. The molecule has 1 rings (SSSR count). The SMILES string of the molecule is CCCCCC(Cc1ccc(Cl)s1)NCC. The zero-order valence-corrected chi connectivity index (χ0v) is 11.8. The highest BCUT2D eigenvalue weighted by Crippen LogP contribution is 2.23. The van der Waals surface area contributed by atoms with Crippen LogP contribution in [-0.4, -0.2) is 12.6 Å². The van der Waals surface area contributed by atoms with E-state index in [9.17, 15) is 0 Å². The van der Waals surface area contributed by atoms with Crippen LogP contribution >= 0.6 is 22.9 Å². The van der Waals surface area contributed by atoms with E-state index >= 15 is 0 Å². The van der Waals surface area contributed by atoms with E-state index in [0.29, 0.717) is 6.04 Å². The van der Waals surface area contributed by atoms with E-state index in [0.717, 1.165) is 17.3 Å². The minimum absolute atomic E-state index is 0.617. The first-order chi connectivity index (χ1) is 7.76. The number of nitrogens with one attached hydrogen (secondary N) is 1. The molecular weight excluding hydrogens is 238 g/mol. The summed E-state index contributed by atoms with van der Waals surface area (Å²) in [6, 6.07) is 4.76. The van der Waals surface area contributed by atoms with E-state index < -0.39 is 0 Å². The molecule has 0 aliphatic carbocycles. The van der Waals surface area contributed by atoms with Crippen LogP contribution in [0.25, 0.3) is 0 Å². The first-order valence-corrected chi connectivity index (χ1v) is 7.43. The van der Waals surface area contributed by atoms with Crippen molar-refractivity contribution in [2.75, 3.05) is 6.54 Å². The fourth-order valence-corrected chi connectivity index (χ4v) is 3.08. The molecule has 92 valence electrons. The van der Waals surface area contributed by atoms with Crippen molar-refractivity contribution in [3.8, 4) is 0 Å². The summed E-state index contributed by atoms with van der Waals surface area (Å²) in [4.78, 5) is 1.40. The van der Waals surface area contributed by atoms with Crippen LogP contribution in [0, 0.1) is 0 Å². The van der Waals surface area contributed by atoms with Crippen molar-refractivity contribution in [1.29, 1.82) is 0 Å². The predicted octanol–water partition coefficient (Wildman–Crippen LogP) is 4.50. The van der Waals surface area contributed by atoms with E-state index in [4.69, 9.17) is 11.6 Å². The molecule has 1 atom stereocenters. The van der Waals surface area contributed by atoms with Crippen molar-refractivity contribution in [2.24, 2.45) is 0 Å². The maximum absolute atomic E-state index is 5.95. The first kappa shape index (κ1) is 14.0. The lowest BCUT2D eigenvalue weighted by atomic mass is 10.0. The molecule has 0 saturated heterocycles. The Labute approximate surface area is 108 Å². The molecule has 1 aromatic heterocycles. The number of halogens is 1. The third kappa shape index (κ3) is 5.33. The molecule has 0 aromatic carbocycles. The van der Waals surface area contributed by atoms with Crippen molar-refractivity contribution in [1.82, 2.24) is 5.32 Å². The molecule has 0 amide bonds. The molecule has 3 heteroatoms. The van der Waals surface area contributed by atoms with Crippen LogP contribution in [0.1, 0.15) is 44.4 Å². The molecule has 1 unspecified atom stereocenters. The minimum Gasteiger partial charge on any atom is -0.314 e. The highest BCUT2D eigenvalue weighted by Gasteiger charge is 2.09. The average Bonchev–Trinajstić information content (AvgIpc) is 2.65. The number of rotatable bonds is 8. The Morgan fingerprint density at radius 3 is 2.69 bits per heavy atom.